The first-order valence-corrected chi connectivity index (χ1v) is 3.73. The lowest BCUT2D eigenvalue weighted by molar-refractivity contribution is 1.07. The lowest BCUT2D eigenvalue weighted by Crippen LogP contribution is -1.95. The van der Waals surface area contributed by atoms with Gasteiger partial charge in [-0.15, -0.1) is 0 Å². The van der Waals surface area contributed by atoms with Gasteiger partial charge in [-0.25, -0.2) is 0 Å². The number of hydrogen-bond acceptors (Lipinski definition) is 1. The van der Waals surface area contributed by atoms with E-state index in [9.17, 15) is 0 Å². The topological polar surface area (TPSA) is 12.4 Å². The summed E-state index contributed by atoms with van der Waals surface area (Å²) in [7, 11) is 1.84. The van der Waals surface area contributed by atoms with Crippen molar-refractivity contribution in [2.75, 3.05) is 7.05 Å². The van der Waals surface area contributed by atoms with E-state index in [1.54, 1.807) is 0 Å². The molecule has 0 aromatic rings. The maximum atomic E-state index is 4.12. The smallest absolute Gasteiger partial charge is 0.0342 e. The van der Waals surface area contributed by atoms with Crippen LogP contribution in [0, 0.1) is 0 Å². The van der Waals surface area contributed by atoms with Crippen molar-refractivity contribution in [3.05, 3.63) is 11.1 Å². The van der Waals surface area contributed by atoms with Crippen LogP contribution in [0.2, 0.25) is 0 Å². The van der Waals surface area contributed by atoms with Crippen LogP contribution in [0.25, 0.3) is 0 Å². The van der Waals surface area contributed by atoms with Crippen LogP contribution in [-0.2, 0) is 0 Å². The van der Waals surface area contributed by atoms with Gasteiger partial charge in [-0.1, -0.05) is 12.5 Å². The van der Waals surface area contributed by atoms with Gasteiger partial charge < -0.3 is 0 Å². The molecule has 0 N–H and O–H groups in total. The van der Waals surface area contributed by atoms with Gasteiger partial charge in [0.25, 0.3) is 0 Å². The molecule has 0 radical (unpaired) electrons. The highest BCUT2D eigenvalue weighted by Crippen LogP contribution is 2.08. The van der Waals surface area contributed by atoms with Crippen molar-refractivity contribution < 1.29 is 0 Å². The van der Waals surface area contributed by atoms with E-state index in [4.69, 9.17) is 0 Å². The molecule has 0 saturated heterocycles. The SMILES string of the molecule is CC/C(C)=C(\C)C(C)=NC. The fraction of sp³-hybridized carbons (Fsp3) is 0.667. The highest BCUT2D eigenvalue weighted by Gasteiger charge is 1.96. The molecule has 0 aliphatic rings. The minimum atomic E-state index is 1.12. The maximum Gasteiger partial charge on any atom is 0.0342 e. The summed E-state index contributed by atoms with van der Waals surface area (Å²) in [6.07, 6.45) is 1.12. The molecule has 0 aliphatic heterocycles. The summed E-state index contributed by atoms with van der Waals surface area (Å²) in [4.78, 5) is 4.12. The molecule has 0 aromatic carbocycles. The van der Waals surface area contributed by atoms with Crippen LogP contribution in [0.15, 0.2) is 16.1 Å². The molecule has 0 atom stereocenters. The zero-order valence-corrected chi connectivity index (χ0v) is 7.65. The normalized spacial score (nSPS) is 15.1. The van der Waals surface area contributed by atoms with E-state index in [0.29, 0.717) is 0 Å². The number of hydrogen-bond donors (Lipinski definition) is 0. The van der Waals surface area contributed by atoms with Crippen LogP contribution in [0.3, 0.4) is 0 Å². The van der Waals surface area contributed by atoms with Crippen molar-refractivity contribution in [1.82, 2.24) is 0 Å². The molecule has 0 amide bonds. The monoisotopic (exact) mass is 139 g/mol. The van der Waals surface area contributed by atoms with Crippen molar-refractivity contribution >= 4 is 5.71 Å². The number of rotatable bonds is 2. The van der Waals surface area contributed by atoms with Gasteiger partial charge in [0.15, 0.2) is 0 Å². The van der Waals surface area contributed by atoms with E-state index in [-0.39, 0.29) is 0 Å². The lowest BCUT2D eigenvalue weighted by Gasteiger charge is -2.03. The fourth-order valence-electron chi connectivity index (χ4n) is 0.742. The molecule has 58 valence electrons. The summed E-state index contributed by atoms with van der Waals surface area (Å²) in [5.74, 6) is 0. The zero-order valence-electron chi connectivity index (χ0n) is 7.65. The van der Waals surface area contributed by atoms with E-state index in [0.717, 1.165) is 12.1 Å². The molecular weight excluding hydrogens is 122 g/mol. The first-order chi connectivity index (χ1) is 4.63. The van der Waals surface area contributed by atoms with Gasteiger partial charge in [0, 0.05) is 12.8 Å². The second-order valence-electron chi connectivity index (χ2n) is 2.57. The Morgan fingerprint density at radius 1 is 1.20 bits per heavy atom. The Balaban J connectivity index is 4.46. The minimum Gasteiger partial charge on any atom is -0.293 e. The average Bonchev–Trinajstić information content (AvgIpc) is 2.00. The highest BCUT2D eigenvalue weighted by molar-refractivity contribution is 5.98. The standard InChI is InChI=1S/C9H17N/c1-6-7(2)8(3)9(4)10-5/h6H2,1-5H3/b8-7+,10-9?. The molecule has 0 heterocycles. The van der Waals surface area contributed by atoms with E-state index < -0.39 is 0 Å². The van der Waals surface area contributed by atoms with Crippen molar-refractivity contribution in [2.45, 2.75) is 34.1 Å². The van der Waals surface area contributed by atoms with Crippen LogP contribution in [0.5, 0.6) is 0 Å². The third-order valence-corrected chi connectivity index (χ3v) is 2.05. The summed E-state index contributed by atoms with van der Waals surface area (Å²) < 4.78 is 0. The molecule has 0 spiro atoms. The molecule has 10 heavy (non-hydrogen) atoms. The predicted octanol–water partition coefficient (Wildman–Crippen LogP) is 2.82. The van der Waals surface area contributed by atoms with Crippen molar-refractivity contribution in [1.29, 1.82) is 0 Å². The van der Waals surface area contributed by atoms with Crippen molar-refractivity contribution in [3.8, 4) is 0 Å². The highest BCUT2D eigenvalue weighted by atomic mass is 14.7. The maximum absolute atomic E-state index is 4.12. The molecule has 1 nitrogen and oxygen atoms in total. The summed E-state index contributed by atoms with van der Waals surface area (Å²) in [6, 6.07) is 0. The Morgan fingerprint density at radius 2 is 1.70 bits per heavy atom. The van der Waals surface area contributed by atoms with Crippen LogP contribution in [0.1, 0.15) is 34.1 Å². The summed E-state index contributed by atoms with van der Waals surface area (Å²) in [6.45, 7) is 8.50. The van der Waals surface area contributed by atoms with Gasteiger partial charge in [0.2, 0.25) is 0 Å². The zero-order chi connectivity index (χ0) is 8.15. The Hall–Kier alpha value is -0.590. The molecule has 0 fully saturated rings. The van der Waals surface area contributed by atoms with Crippen LogP contribution in [-0.4, -0.2) is 12.8 Å². The predicted molar refractivity (Wildman–Crippen MR) is 47.7 cm³/mol. The second-order valence-corrected chi connectivity index (χ2v) is 2.57. The summed E-state index contributed by atoms with van der Waals surface area (Å²) in [5, 5.41) is 0. The number of allylic oxidation sites excluding steroid dienone is 2. The van der Waals surface area contributed by atoms with E-state index >= 15 is 0 Å². The first-order valence-electron chi connectivity index (χ1n) is 3.73. The van der Waals surface area contributed by atoms with E-state index in [1.165, 1.54) is 11.1 Å². The largest absolute Gasteiger partial charge is 0.293 e. The summed E-state index contributed by atoms with van der Waals surface area (Å²) >= 11 is 0. The van der Waals surface area contributed by atoms with Gasteiger partial charge in [0.05, 0.1) is 0 Å². The fourth-order valence-corrected chi connectivity index (χ4v) is 0.742. The molecule has 0 bridgehead atoms. The Labute approximate surface area is 63.9 Å². The first kappa shape index (κ1) is 9.41. The Morgan fingerprint density at radius 3 is 2.00 bits per heavy atom. The minimum absolute atomic E-state index is 1.12. The van der Waals surface area contributed by atoms with Crippen LogP contribution in [0.4, 0.5) is 0 Å². The third kappa shape index (κ3) is 2.34. The number of nitrogens with zero attached hydrogens (tertiary/aromatic N) is 1. The molecule has 1 heteroatoms. The lowest BCUT2D eigenvalue weighted by atomic mass is 10.1. The van der Waals surface area contributed by atoms with Crippen LogP contribution < -0.4 is 0 Å². The Kier molecular flexibility index (Phi) is 4.01. The number of aliphatic imine (C=N–C) groups is 1. The van der Waals surface area contributed by atoms with Crippen molar-refractivity contribution in [3.63, 3.8) is 0 Å². The van der Waals surface area contributed by atoms with Crippen molar-refractivity contribution in [2.24, 2.45) is 4.99 Å². The quantitative estimate of drug-likeness (QED) is 0.522. The molecule has 0 unspecified atom stereocenters. The molecule has 0 aliphatic carbocycles. The van der Waals surface area contributed by atoms with Gasteiger partial charge in [-0.2, -0.15) is 0 Å². The molecule has 0 aromatic heterocycles. The van der Waals surface area contributed by atoms with E-state index in [2.05, 4.69) is 32.7 Å². The molecular formula is C9H17N. The average molecular weight is 139 g/mol. The summed E-state index contributed by atoms with van der Waals surface area (Å²) in [5.41, 5.74) is 3.92. The van der Waals surface area contributed by atoms with Gasteiger partial charge in [-0.05, 0) is 32.8 Å². The molecule has 0 saturated carbocycles. The van der Waals surface area contributed by atoms with Gasteiger partial charge >= 0.3 is 0 Å². The van der Waals surface area contributed by atoms with Gasteiger partial charge in [0.1, 0.15) is 0 Å². The van der Waals surface area contributed by atoms with Crippen LogP contribution >= 0.6 is 0 Å². The third-order valence-electron chi connectivity index (χ3n) is 2.05. The Bertz CT molecular complexity index is 164. The second kappa shape index (κ2) is 4.26. The van der Waals surface area contributed by atoms with E-state index in [1.807, 2.05) is 7.05 Å². The van der Waals surface area contributed by atoms with Gasteiger partial charge in [-0.3, -0.25) is 4.99 Å². The molecule has 0 rings (SSSR count).